The molecule has 9 nitrogen and oxygen atoms in total. The number of ketones is 1. The van der Waals surface area contributed by atoms with E-state index < -0.39 is 47.8 Å². The molecule has 36 heavy (non-hydrogen) atoms. The van der Waals surface area contributed by atoms with Crippen molar-refractivity contribution < 1.29 is 28.0 Å². The number of likely N-dealkylation sites (N-methyl/N-ethyl adjacent to an activating group) is 1. The number of carbonyl (C=O) groups is 4. The second kappa shape index (κ2) is 8.86. The SMILES string of the molecule is CNC(=O)C1(NC(=O)C(=O)c2c(C)c(C(=O)Nc3ccc(C)c(C#N)c3)n3c2CCC3)CC(F)(F)C1. The van der Waals surface area contributed by atoms with E-state index in [9.17, 15) is 33.2 Å². The number of aromatic nitrogens is 1. The first-order valence-corrected chi connectivity index (χ1v) is 11.4. The van der Waals surface area contributed by atoms with E-state index in [1.807, 2.05) is 0 Å². The molecule has 2 heterocycles. The fraction of sp³-hybridized carbons (Fsp3) is 0.400. The van der Waals surface area contributed by atoms with Gasteiger partial charge in [-0.1, -0.05) is 6.07 Å². The van der Waals surface area contributed by atoms with Crippen LogP contribution in [0.3, 0.4) is 0 Å². The predicted octanol–water partition coefficient (Wildman–Crippen LogP) is 2.39. The molecule has 0 spiro atoms. The lowest BCUT2D eigenvalue weighted by atomic mass is 9.72. The third kappa shape index (κ3) is 4.12. The van der Waals surface area contributed by atoms with E-state index in [0.717, 1.165) is 5.56 Å². The molecule has 4 rings (SSSR count). The van der Waals surface area contributed by atoms with Gasteiger partial charge in [-0.05, 0) is 49.9 Å². The lowest BCUT2D eigenvalue weighted by Crippen LogP contribution is -2.69. The average molecular weight is 498 g/mol. The zero-order valence-electron chi connectivity index (χ0n) is 20.1. The molecule has 0 radical (unpaired) electrons. The second-order valence-electron chi connectivity index (χ2n) is 9.30. The number of halogens is 2. The van der Waals surface area contributed by atoms with Gasteiger partial charge >= 0.3 is 0 Å². The maximum Gasteiger partial charge on any atom is 0.293 e. The van der Waals surface area contributed by atoms with E-state index in [4.69, 9.17) is 0 Å². The minimum atomic E-state index is -3.12. The van der Waals surface area contributed by atoms with E-state index in [1.165, 1.54) is 7.05 Å². The van der Waals surface area contributed by atoms with Crippen molar-refractivity contribution in [2.24, 2.45) is 0 Å². The smallest absolute Gasteiger partial charge is 0.293 e. The van der Waals surface area contributed by atoms with Gasteiger partial charge in [-0.2, -0.15) is 5.26 Å². The van der Waals surface area contributed by atoms with Crippen LogP contribution in [0.5, 0.6) is 0 Å². The summed E-state index contributed by atoms with van der Waals surface area (Å²) in [6, 6.07) is 6.96. The molecule has 1 saturated carbocycles. The molecule has 0 saturated heterocycles. The number of benzene rings is 1. The summed E-state index contributed by atoms with van der Waals surface area (Å²) in [5, 5.41) is 16.5. The van der Waals surface area contributed by atoms with Crippen LogP contribution in [0.2, 0.25) is 0 Å². The van der Waals surface area contributed by atoms with Crippen LogP contribution in [-0.4, -0.2) is 46.6 Å². The van der Waals surface area contributed by atoms with Gasteiger partial charge < -0.3 is 20.5 Å². The molecule has 0 atom stereocenters. The summed E-state index contributed by atoms with van der Waals surface area (Å²) in [7, 11) is 1.26. The number of Topliss-reactive ketones (excluding diaryl/α,β-unsaturated/α-hetero) is 1. The Morgan fingerprint density at radius 1 is 1.14 bits per heavy atom. The van der Waals surface area contributed by atoms with Crippen molar-refractivity contribution in [2.75, 3.05) is 12.4 Å². The third-order valence-corrected chi connectivity index (χ3v) is 6.81. The summed E-state index contributed by atoms with van der Waals surface area (Å²) in [6.45, 7) is 3.78. The number of nitrogens with zero attached hydrogens (tertiary/aromatic N) is 2. The number of carbonyl (C=O) groups excluding carboxylic acids is 4. The zero-order valence-corrected chi connectivity index (χ0v) is 20.1. The predicted molar refractivity (Wildman–Crippen MR) is 125 cm³/mol. The molecule has 1 aliphatic carbocycles. The quantitative estimate of drug-likeness (QED) is 0.416. The third-order valence-electron chi connectivity index (χ3n) is 6.81. The molecule has 1 aromatic carbocycles. The van der Waals surface area contributed by atoms with Gasteiger partial charge in [-0.3, -0.25) is 19.2 Å². The number of nitrogens with one attached hydrogen (secondary N) is 3. The number of hydrogen-bond acceptors (Lipinski definition) is 5. The standard InChI is InChI=1S/C25H25F2N5O4/c1-13-6-7-16(9-15(13)10-28)30-21(34)19-14(2)18(17-5-4-8-32(17)19)20(33)22(35)31-24(23(36)29-3)11-25(26,27)12-24/h6-7,9H,4-5,8,11-12H2,1-3H3,(H,29,36)(H,30,34)(H,31,35). The molecular weight excluding hydrogens is 472 g/mol. The maximum absolute atomic E-state index is 13.6. The Hall–Kier alpha value is -4.07. The minimum Gasteiger partial charge on any atom is -0.357 e. The van der Waals surface area contributed by atoms with Crippen molar-refractivity contribution in [2.45, 2.75) is 57.5 Å². The summed E-state index contributed by atoms with van der Waals surface area (Å²) < 4.78 is 28.9. The first kappa shape index (κ1) is 25.0. The van der Waals surface area contributed by atoms with Crippen LogP contribution >= 0.6 is 0 Å². The molecule has 2 aromatic rings. The summed E-state index contributed by atoms with van der Waals surface area (Å²) in [4.78, 5) is 51.5. The molecule has 0 unspecified atom stereocenters. The highest BCUT2D eigenvalue weighted by atomic mass is 19.3. The van der Waals surface area contributed by atoms with Gasteiger partial charge in [0.15, 0.2) is 0 Å². The first-order chi connectivity index (χ1) is 16.9. The normalized spacial score (nSPS) is 16.8. The van der Waals surface area contributed by atoms with Crippen LogP contribution in [0.4, 0.5) is 14.5 Å². The lowest BCUT2D eigenvalue weighted by molar-refractivity contribution is -0.164. The Labute approximate surface area is 205 Å². The largest absolute Gasteiger partial charge is 0.357 e. The van der Waals surface area contributed by atoms with Gasteiger partial charge in [0.25, 0.3) is 23.5 Å². The highest BCUT2D eigenvalue weighted by molar-refractivity contribution is 6.44. The molecular formula is C25H25F2N5O4. The van der Waals surface area contributed by atoms with Gasteiger partial charge in [0.1, 0.15) is 11.2 Å². The number of amides is 3. The molecule has 3 amide bonds. The Bertz CT molecular complexity index is 1350. The lowest BCUT2D eigenvalue weighted by Gasteiger charge is -2.45. The highest BCUT2D eigenvalue weighted by Crippen LogP contribution is 2.46. The fourth-order valence-corrected chi connectivity index (χ4v) is 5.09. The van der Waals surface area contributed by atoms with Crippen LogP contribution in [0.25, 0.3) is 0 Å². The molecule has 11 heteroatoms. The van der Waals surface area contributed by atoms with E-state index in [-0.39, 0.29) is 16.8 Å². The van der Waals surface area contributed by atoms with E-state index in [0.29, 0.717) is 36.3 Å². The molecule has 2 aliphatic rings. The van der Waals surface area contributed by atoms with Crippen LogP contribution in [0, 0.1) is 25.2 Å². The van der Waals surface area contributed by atoms with Crippen LogP contribution in [-0.2, 0) is 22.6 Å². The van der Waals surface area contributed by atoms with E-state index in [2.05, 4.69) is 22.0 Å². The Morgan fingerprint density at radius 2 is 1.83 bits per heavy atom. The average Bonchev–Trinajstić information content (AvgIpc) is 3.37. The molecule has 3 N–H and O–H groups in total. The summed E-state index contributed by atoms with van der Waals surface area (Å²) >= 11 is 0. The maximum atomic E-state index is 13.6. The number of fused-ring (bicyclic) bond motifs is 1. The number of aryl methyl sites for hydroxylation is 1. The number of nitriles is 1. The number of hydrogen-bond donors (Lipinski definition) is 3. The van der Waals surface area contributed by atoms with Crippen LogP contribution in [0.15, 0.2) is 18.2 Å². The Morgan fingerprint density at radius 3 is 2.44 bits per heavy atom. The van der Waals surface area contributed by atoms with Crippen molar-refractivity contribution in [3.8, 4) is 6.07 Å². The topological polar surface area (TPSA) is 133 Å². The molecule has 188 valence electrons. The van der Waals surface area contributed by atoms with Crippen molar-refractivity contribution in [1.82, 2.24) is 15.2 Å². The number of anilines is 1. The highest BCUT2D eigenvalue weighted by Gasteiger charge is 2.62. The fourth-order valence-electron chi connectivity index (χ4n) is 5.09. The van der Waals surface area contributed by atoms with Crippen LogP contribution < -0.4 is 16.0 Å². The summed E-state index contributed by atoms with van der Waals surface area (Å²) in [5.74, 6) is -6.60. The van der Waals surface area contributed by atoms with Crippen molar-refractivity contribution >= 4 is 29.2 Å². The first-order valence-electron chi connectivity index (χ1n) is 11.4. The van der Waals surface area contributed by atoms with Gasteiger partial charge in [0.05, 0.1) is 17.2 Å². The molecule has 1 fully saturated rings. The zero-order chi connectivity index (χ0) is 26.4. The summed E-state index contributed by atoms with van der Waals surface area (Å²) in [6.07, 6.45) is -0.708. The van der Waals surface area contributed by atoms with Crippen molar-refractivity contribution in [3.63, 3.8) is 0 Å². The van der Waals surface area contributed by atoms with Crippen LogP contribution in [0.1, 0.15) is 62.5 Å². The molecule has 0 bridgehead atoms. The van der Waals surface area contributed by atoms with Crippen molar-refractivity contribution in [1.29, 1.82) is 5.26 Å². The Balaban J connectivity index is 1.62. The van der Waals surface area contributed by atoms with Gasteiger partial charge in [-0.15, -0.1) is 0 Å². The summed E-state index contributed by atoms with van der Waals surface area (Å²) in [5.41, 5.74) is 0.724. The van der Waals surface area contributed by atoms with Crippen molar-refractivity contribution in [3.05, 3.63) is 51.8 Å². The monoisotopic (exact) mass is 497 g/mol. The second-order valence-corrected chi connectivity index (χ2v) is 9.30. The Kier molecular flexibility index (Phi) is 6.16. The van der Waals surface area contributed by atoms with Gasteiger partial charge in [0, 0.05) is 37.8 Å². The van der Waals surface area contributed by atoms with Gasteiger partial charge in [0.2, 0.25) is 5.91 Å². The van der Waals surface area contributed by atoms with E-state index >= 15 is 0 Å². The molecule has 1 aromatic heterocycles. The molecule has 1 aliphatic heterocycles. The van der Waals surface area contributed by atoms with E-state index in [1.54, 1.807) is 36.6 Å². The number of rotatable bonds is 6. The van der Waals surface area contributed by atoms with Gasteiger partial charge in [-0.25, -0.2) is 8.78 Å². The number of alkyl halides is 2. The minimum absolute atomic E-state index is 0.0370.